The Hall–Kier alpha value is -2.90. The Morgan fingerprint density at radius 2 is 1.57 bits per heavy atom. The van der Waals surface area contributed by atoms with E-state index in [4.69, 9.17) is 4.18 Å². The summed E-state index contributed by atoms with van der Waals surface area (Å²) in [6.07, 6.45) is 0. The van der Waals surface area contributed by atoms with Crippen molar-refractivity contribution in [1.29, 1.82) is 0 Å². The molecule has 144 valence electrons. The molecule has 5 nitrogen and oxygen atoms in total. The number of phenolic OH excluding ortho intramolecular Hbond substituents is 2. The maximum absolute atomic E-state index is 14.3. The standard InChI is InChI=1S/C21H17FO5S/c1-12-9-14(23)7-8-15(12)21(17-11-18(22)19(24)10-13(17)2)16-5-3-4-6-20(16)28(25,26)27-21/h3-11,23-24H,1-2H3. The van der Waals surface area contributed by atoms with E-state index in [-0.39, 0.29) is 16.2 Å². The summed E-state index contributed by atoms with van der Waals surface area (Å²) in [6.45, 7) is 3.35. The van der Waals surface area contributed by atoms with Crippen molar-refractivity contribution < 1.29 is 27.2 Å². The number of halogens is 1. The van der Waals surface area contributed by atoms with Crippen LogP contribution in [0.25, 0.3) is 0 Å². The Morgan fingerprint density at radius 1 is 0.893 bits per heavy atom. The third-order valence-corrected chi connectivity index (χ3v) is 6.40. The number of hydrogen-bond acceptors (Lipinski definition) is 5. The summed E-state index contributed by atoms with van der Waals surface area (Å²) in [4.78, 5) is -0.00430. The van der Waals surface area contributed by atoms with Crippen LogP contribution in [0.4, 0.5) is 4.39 Å². The third kappa shape index (κ3) is 2.51. The first-order chi connectivity index (χ1) is 13.2. The van der Waals surface area contributed by atoms with Gasteiger partial charge in [-0.05, 0) is 60.9 Å². The summed E-state index contributed by atoms with van der Waals surface area (Å²) in [5.74, 6) is -1.41. The van der Waals surface area contributed by atoms with Crippen LogP contribution in [0.5, 0.6) is 11.5 Å². The molecular weight excluding hydrogens is 383 g/mol. The first kappa shape index (κ1) is 18.5. The summed E-state index contributed by atoms with van der Waals surface area (Å²) in [7, 11) is -4.12. The summed E-state index contributed by atoms with van der Waals surface area (Å²) in [5, 5.41) is 19.6. The SMILES string of the molecule is Cc1cc(O)ccc1C1(c2cc(F)c(O)cc2C)OS(=O)(=O)c2ccccc21. The molecule has 28 heavy (non-hydrogen) atoms. The van der Waals surface area contributed by atoms with E-state index in [9.17, 15) is 23.0 Å². The minimum absolute atomic E-state index is 0.00430. The molecule has 1 atom stereocenters. The van der Waals surface area contributed by atoms with Gasteiger partial charge < -0.3 is 10.2 Å². The lowest BCUT2D eigenvalue weighted by Crippen LogP contribution is -2.31. The normalized spacial score (nSPS) is 20.1. The number of phenols is 2. The van der Waals surface area contributed by atoms with Crippen molar-refractivity contribution in [3.63, 3.8) is 0 Å². The van der Waals surface area contributed by atoms with Crippen LogP contribution in [-0.4, -0.2) is 18.6 Å². The second-order valence-electron chi connectivity index (χ2n) is 6.83. The summed E-state index contributed by atoms with van der Waals surface area (Å²) in [5.41, 5.74) is 0.429. The van der Waals surface area contributed by atoms with E-state index in [1.54, 1.807) is 38.1 Å². The van der Waals surface area contributed by atoms with Crippen molar-refractivity contribution in [2.45, 2.75) is 24.3 Å². The lowest BCUT2D eigenvalue weighted by Gasteiger charge is -2.32. The lowest BCUT2D eigenvalue weighted by molar-refractivity contribution is 0.178. The van der Waals surface area contributed by atoms with Crippen LogP contribution in [0.3, 0.4) is 0 Å². The molecule has 0 saturated heterocycles. The maximum Gasteiger partial charge on any atom is 0.298 e. The Morgan fingerprint density at radius 3 is 2.29 bits per heavy atom. The summed E-state index contributed by atoms with van der Waals surface area (Å²) < 4.78 is 45.7. The topological polar surface area (TPSA) is 83.8 Å². The molecule has 0 aliphatic carbocycles. The highest BCUT2D eigenvalue weighted by atomic mass is 32.2. The van der Waals surface area contributed by atoms with Crippen LogP contribution in [-0.2, 0) is 19.9 Å². The van der Waals surface area contributed by atoms with Gasteiger partial charge in [-0.2, -0.15) is 8.42 Å². The molecule has 1 unspecified atom stereocenters. The van der Waals surface area contributed by atoms with E-state index in [0.29, 0.717) is 22.3 Å². The molecule has 3 aromatic carbocycles. The second kappa shape index (κ2) is 6.05. The average Bonchev–Trinajstić information content (AvgIpc) is 2.87. The van der Waals surface area contributed by atoms with E-state index in [1.165, 1.54) is 24.3 Å². The van der Waals surface area contributed by atoms with Crippen molar-refractivity contribution in [1.82, 2.24) is 0 Å². The van der Waals surface area contributed by atoms with Crippen molar-refractivity contribution in [2.75, 3.05) is 0 Å². The van der Waals surface area contributed by atoms with Gasteiger partial charge in [0.25, 0.3) is 10.1 Å². The van der Waals surface area contributed by atoms with E-state index in [1.807, 2.05) is 0 Å². The molecule has 0 amide bonds. The van der Waals surface area contributed by atoms with E-state index >= 15 is 0 Å². The Labute approximate surface area is 161 Å². The molecular formula is C21H17FO5S. The average molecular weight is 400 g/mol. The quantitative estimate of drug-likeness (QED) is 0.638. The highest BCUT2D eigenvalue weighted by Crippen LogP contribution is 2.52. The zero-order valence-corrected chi connectivity index (χ0v) is 15.9. The van der Waals surface area contributed by atoms with Crippen LogP contribution >= 0.6 is 0 Å². The van der Waals surface area contributed by atoms with Gasteiger partial charge in [-0.1, -0.05) is 24.3 Å². The lowest BCUT2D eigenvalue weighted by atomic mass is 9.77. The van der Waals surface area contributed by atoms with E-state index in [2.05, 4.69) is 0 Å². The van der Waals surface area contributed by atoms with Gasteiger partial charge in [0.2, 0.25) is 0 Å². The van der Waals surface area contributed by atoms with Crippen LogP contribution in [0.1, 0.15) is 27.8 Å². The second-order valence-corrected chi connectivity index (χ2v) is 8.35. The Balaban J connectivity index is 2.18. The van der Waals surface area contributed by atoms with Crippen molar-refractivity contribution >= 4 is 10.1 Å². The number of hydrogen-bond donors (Lipinski definition) is 2. The van der Waals surface area contributed by atoms with Crippen LogP contribution in [0.15, 0.2) is 59.5 Å². The van der Waals surface area contributed by atoms with Crippen LogP contribution < -0.4 is 0 Å². The predicted octanol–water partition coefficient (Wildman–Crippen LogP) is 3.86. The minimum atomic E-state index is -4.12. The van der Waals surface area contributed by atoms with Gasteiger partial charge in [0.15, 0.2) is 17.2 Å². The molecule has 0 bridgehead atoms. The highest BCUT2D eigenvalue weighted by Gasteiger charge is 2.52. The highest BCUT2D eigenvalue weighted by molar-refractivity contribution is 7.87. The predicted molar refractivity (Wildman–Crippen MR) is 100 cm³/mol. The van der Waals surface area contributed by atoms with Gasteiger partial charge in [-0.25, -0.2) is 8.57 Å². The molecule has 0 spiro atoms. The molecule has 2 N–H and O–H groups in total. The van der Waals surface area contributed by atoms with Crippen molar-refractivity contribution in [3.05, 3.63) is 88.2 Å². The first-order valence-electron chi connectivity index (χ1n) is 8.51. The molecule has 1 heterocycles. The Kier molecular flexibility index (Phi) is 3.99. The van der Waals surface area contributed by atoms with Gasteiger partial charge in [0, 0.05) is 11.1 Å². The van der Waals surface area contributed by atoms with Crippen LogP contribution in [0.2, 0.25) is 0 Å². The molecule has 7 heteroatoms. The monoisotopic (exact) mass is 400 g/mol. The van der Waals surface area contributed by atoms with Crippen molar-refractivity contribution in [2.24, 2.45) is 0 Å². The zero-order chi connectivity index (χ0) is 20.3. The number of aromatic hydroxyl groups is 2. The molecule has 4 rings (SSSR count). The molecule has 0 radical (unpaired) electrons. The smallest absolute Gasteiger partial charge is 0.298 e. The Bertz CT molecular complexity index is 1220. The van der Waals surface area contributed by atoms with Gasteiger partial charge >= 0.3 is 0 Å². The zero-order valence-electron chi connectivity index (χ0n) is 15.1. The third-order valence-electron chi connectivity index (χ3n) is 5.03. The number of fused-ring (bicyclic) bond motifs is 1. The number of aryl methyl sites for hydroxylation is 2. The van der Waals surface area contributed by atoms with E-state index in [0.717, 1.165) is 6.07 Å². The van der Waals surface area contributed by atoms with Gasteiger partial charge in [-0.3, -0.25) is 0 Å². The molecule has 1 aliphatic rings. The summed E-state index contributed by atoms with van der Waals surface area (Å²) >= 11 is 0. The summed E-state index contributed by atoms with van der Waals surface area (Å²) in [6, 6.07) is 13.1. The number of rotatable bonds is 2. The molecule has 0 fully saturated rings. The van der Waals surface area contributed by atoms with Crippen molar-refractivity contribution in [3.8, 4) is 11.5 Å². The minimum Gasteiger partial charge on any atom is -0.508 e. The maximum atomic E-state index is 14.3. The van der Waals surface area contributed by atoms with E-state index < -0.39 is 27.3 Å². The largest absolute Gasteiger partial charge is 0.508 e. The van der Waals surface area contributed by atoms with Gasteiger partial charge in [0.1, 0.15) is 10.6 Å². The fraction of sp³-hybridized carbons (Fsp3) is 0.143. The molecule has 0 aromatic heterocycles. The first-order valence-corrected chi connectivity index (χ1v) is 9.92. The fourth-order valence-corrected chi connectivity index (χ4v) is 5.26. The molecule has 0 saturated carbocycles. The molecule has 1 aliphatic heterocycles. The fourth-order valence-electron chi connectivity index (χ4n) is 3.84. The van der Waals surface area contributed by atoms with Gasteiger partial charge in [0.05, 0.1) is 0 Å². The van der Waals surface area contributed by atoms with Gasteiger partial charge in [-0.15, -0.1) is 0 Å². The number of benzene rings is 3. The molecule has 3 aromatic rings. The van der Waals surface area contributed by atoms with Crippen LogP contribution in [0, 0.1) is 19.7 Å².